The van der Waals surface area contributed by atoms with Crippen LogP contribution in [0.1, 0.15) is 38.5 Å². The molecule has 3 rings (SSSR count). The molecule has 0 bridgehead atoms. The van der Waals surface area contributed by atoms with Crippen LogP contribution in [-0.2, 0) is 4.79 Å². The van der Waals surface area contributed by atoms with E-state index in [1.54, 1.807) is 0 Å². The molecular weight excluding hydrogens is 178 g/mol. The SMILES string of the molecule is O=C(O)C12CCC1C1CCCCC1=N2. The summed E-state index contributed by atoms with van der Waals surface area (Å²) in [6.07, 6.45) is 6.54. The Labute approximate surface area is 83.2 Å². The van der Waals surface area contributed by atoms with Gasteiger partial charge in [0.1, 0.15) is 0 Å². The molecule has 0 aromatic carbocycles. The maximum Gasteiger partial charge on any atom is 0.331 e. The summed E-state index contributed by atoms with van der Waals surface area (Å²) in [5, 5.41) is 9.23. The number of rotatable bonds is 1. The number of aliphatic imine (C=N–C) groups is 1. The van der Waals surface area contributed by atoms with Gasteiger partial charge in [0.25, 0.3) is 0 Å². The van der Waals surface area contributed by atoms with E-state index in [2.05, 4.69) is 4.99 Å². The highest BCUT2D eigenvalue weighted by atomic mass is 16.4. The van der Waals surface area contributed by atoms with Crippen molar-refractivity contribution < 1.29 is 9.90 Å². The molecule has 3 heteroatoms. The lowest BCUT2D eigenvalue weighted by molar-refractivity contribution is -0.150. The number of carboxylic acid groups (broad SMARTS) is 1. The molecule has 1 heterocycles. The molecule has 2 fully saturated rings. The number of aliphatic carboxylic acids is 1. The van der Waals surface area contributed by atoms with Crippen molar-refractivity contribution in [1.82, 2.24) is 0 Å². The molecule has 1 aliphatic heterocycles. The molecule has 0 amide bonds. The predicted octanol–water partition coefficient (Wildman–Crippen LogP) is 1.86. The summed E-state index contributed by atoms with van der Waals surface area (Å²) in [4.78, 5) is 15.7. The lowest BCUT2D eigenvalue weighted by atomic mass is 9.61. The van der Waals surface area contributed by atoms with Crippen molar-refractivity contribution in [3.8, 4) is 0 Å². The van der Waals surface area contributed by atoms with Gasteiger partial charge in [0, 0.05) is 17.5 Å². The van der Waals surface area contributed by atoms with Crippen LogP contribution < -0.4 is 0 Å². The van der Waals surface area contributed by atoms with Crippen LogP contribution in [0.2, 0.25) is 0 Å². The molecular formula is C11H15NO2. The van der Waals surface area contributed by atoms with Gasteiger partial charge in [0.15, 0.2) is 5.54 Å². The third-order valence-corrected chi connectivity index (χ3v) is 4.28. The first-order chi connectivity index (χ1) is 6.74. The molecule has 0 radical (unpaired) electrons. The second-order valence-electron chi connectivity index (χ2n) is 4.83. The zero-order valence-electron chi connectivity index (χ0n) is 8.20. The molecule has 0 aromatic heterocycles. The summed E-state index contributed by atoms with van der Waals surface area (Å²) in [7, 11) is 0. The van der Waals surface area contributed by atoms with E-state index < -0.39 is 11.5 Å². The molecule has 14 heavy (non-hydrogen) atoms. The van der Waals surface area contributed by atoms with Gasteiger partial charge in [-0.3, -0.25) is 4.99 Å². The maximum absolute atomic E-state index is 11.2. The van der Waals surface area contributed by atoms with Crippen LogP contribution in [0.3, 0.4) is 0 Å². The number of hydrogen-bond donors (Lipinski definition) is 1. The van der Waals surface area contributed by atoms with Crippen molar-refractivity contribution in [2.75, 3.05) is 0 Å². The van der Waals surface area contributed by atoms with Crippen molar-refractivity contribution >= 4 is 11.7 Å². The quantitative estimate of drug-likeness (QED) is 0.691. The third-order valence-electron chi connectivity index (χ3n) is 4.28. The minimum absolute atomic E-state index is 0.343. The molecule has 3 atom stereocenters. The molecule has 3 unspecified atom stereocenters. The second kappa shape index (κ2) is 2.59. The van der Waals surface area contributed by atoms with Gasteiger partial charge in [-0.2, -0.15) is 0 Å². The fourth-order valence-electron chi connectivity index (χ4n) is 3.42. The minimum Gasteiger partial charge on any atom is -0.479 e. The zero-order chi connectivity index (χ0) is 9.76. The Morgan fingerprint density at radius 2 is 2.29 bits per heavy atom. The van der Waals surface area contributed by atoms with E-state index in [1.165, 1.54) is 25.0 Å². The number of hydrogen-bond acceptors (Lipinski definition) is 2. The number of carboxylic acids is 1. The van der Waals surface area contributed by atoms with Crippen LogP contribution in [0.5, 0.6) is 0 Å². The molecule has 2 saturated carbocycles. The van der Waals surface area contributed by atoms with Crippen molar-refractivity contribution in [3.63, 3.8) is 0 Å². The lowest BCUT2D eigenvalue weighted by Gasteiger charge is -2.42. The molecule has 3 nitrogen and oxygen atoms in total. The number of carbonyl (C=O) groups is 1. The van der Waals surface area contributed by atoms with Crippen molar-refractivity contribution in [3.05, 3.63) is 0 Å². The highest BCUT2D eigenvalue weighted by Crippen LogP contribution is 2.54. The molecule has 1 N–H and O–H groups in total. The van der Waals surface area contributed by atoms with E-state index in [9.17, 15) is 9.90 Å². The molecule has 0 aromatic rings. The van der Waals surface area contributed by atoms with Crippen LogP contribution in [-0.4, -0.2) is 22.3 Å². The van der Waals surface area contributed by atoms with Crippen LogP contribution in [0.25, 0.3) is 0 Å². The summed E-state index contributed by atoms with van der Waals surface area (Å²) in [6, 6.07) is 0. The normalized spacial score (nSPS) is 44.7. The summed E-state index contributed by atoms with van der Waals surface area (Å²) in [5.41, 5.74) is 0.547. The molecule has 0 spiro atoms. The first-order valence-electron chi connectivity index (χ1n) is 5.56. The van der Waals surface area contributed by atoms with Gasteiger partial charge in [-0.25, -0.2) is 4.79 Å². The Balaban J connectivity index is 1.97. The highest BCUT2D eigenvalue weighted by molar-refractivity contribution is 5.96. The van der Waals surface area contributed by atoms with E-state index in [1.807, 2.05) is 0 Å². The Hall–Kier alpha value is -0.860. The largest absolute Gasteiger partial charge is 0.479 e. The fraction of sp³-hybridized carbons (Fsp3) is 0.818. The van der Waals surface area contributed by atoms with Crippen LogP contribution >= 0.6 is 0 Å². The Bertz CT molecular complexity index is 323. The van der Waals surface area contributed by atoms with Gasteiger partial charge in [-0.1, -0.05) is 6.42 Å². The Morgan fingerprint density at radius 1 is 1.43 bits per heavy atom. The van der Waals surface area contributed by atoms with Crippen LogP contribution in [0.15, 0.2) is 4.99 Å². The third kappa shape index (κ3) is 0.830. The van der Waals surface area contributed by atoms with Gasteiger partial charge in [-0.05, 0) is 32.1 Å². The average Bonchev–Trinajstić information content (AvgIpc) is 2.35. The summed E-state index contributed by atoms with van der Waals surface area (Å²) < 4.78 is 0. The van der Waals surface area contributed by atoms with E-state index in [4.69, 9.17) is 0 Å². The smallest absolute Gasteiger partial charge is 0.331 e. The Kier molecular flexibility index (Phi) is 1.56. The summed E-state index contributed by atoms with van der Waals surface area (Å²) in [6.45, 7) is 0. The van der Waals surface area contributed by atoms with Gasteiger partial charge >= 0.3 is 5.97 Å². The summed E-state index contributed by atoms with van der Waals surface area (Å²) in [5.74, 6) is 0.180. The van der Waals surface area contributed by atoms with Crippen LogP contribution in [0, 0.1) is 11.8 Å². The minimum atomic E-state index is -0.685. The first-order valence-corrected chi connectivity index (χ1v) is 5.56. The molecule has 76 valence electrons. The second-order valence-corrected chi connectivity index (χ2v) is 4.83. The molecule has 2 aliphatic carbocycles. The lowest BCUT2D eigenvalue weighted by Crippen LogP contribution is -2.51. The fourth-order valence-corrected chi connectivity index (χ4v) is 3.42. The van der Waals surface area contributed by atoms with Crippen molar-refractivity contribution in [2.45, 2.75) is 44.1 Å². The predicted molar refractivity (Wildman–Crippen MR) is 52.5 cm³/mol. The van der Waals surface area contributed by atoms with E-state index >= 15 is 0 Å². The van der Waals surface area contributed by atoms with Gasteiger partial charge in [-0.15, -0.1) is 0 Å². The topological polar surface area (TPSA) is 49.7 Å². The first kappa shape index (κ1) is 8.45. The van der Waals surface area contributed by atoms with E-state index in [-0.39, 0.29) is 0 Å². The number of fused-ring (bicyclic) bond motifs is 3. The van der Waals surface area contributed by atoms with E-state index in [0.717, 1.165) is 19.3 Å². The highest BCUT2D eigenvalue weighted by Gasteiger charge is 2.60. The van der Waals surface area contributed by atoms with E-state index in [0.29, 0.717) is 11.8 Å². The van der Waals surface area contributed by atoms with Gasteiger partial charge in [0.2, 0.25) is 0 Å². The van der Waals surface area contributed by atoms with Crippen molar-refractivity contribution in [1.29, 1.82) is 0 Å². The average molecular weight is 193 g/mol. The Morgan fingerprint density at radius 3 is 2.93 bits per heavy atom. The number of nitrogens with zero attached hydrogens (tertiary/aromatic N) is 1. The van der Waals surface area contributed by atoms with Gasteiger partial charge in [0.05, 0.1) is 0 Å². The van der Waals surface area contributed by atoms with Gasteiger partial charge < -0.3 is 5.11 Å². The molecule has 3 aliphatic rings. The monoisotopic (exact) mass is 193 g/mol. The van der Waals surface area contributed by atoms with Crippen molar-refractivity contribution in [2.24, 2.45) is 16.8 Å². The standard InChI is InChI=1S/C11H15NO2/c13-10(14)11-6-5-8(11)7-3-1-2-4-9(7)12-11/h7-8H,1-6H2,(H,13,14). The summed E-state index contributed by atoms with van der Waals surface area (Å²) >= 11 is 0. The zero-order valence-corrected chi connectivity index (χ0v) is 8.20. The van der Waals surface area contributed by atoms with Crippen LogP contribution in [0.4, 0.5) is 0 Å². The maximum atomic E-state index is 11.2. The molecule has 0 saturated heterocycles.